The predicted octanol–water partition coefficient (Wildman–Crippen LogP) is 4.65. The Balaban J connectivity index is 1.57. The Kier molecular flexibility index (Phi) is 9.36. The fraction of sp³-hybridized carbons (Fsp3) is 0.310. The van der Waals surface area contributed by atoms with Gasteiger partial charge in [0.05, 0.1) is 11.1 Å². The van der Waals surface area contributed by atoms with Crippen LogP contribution in [0.2, 0.25) is 5.02 Å². The number of halogens is 1. The SMILES string of the molecule is O=C(NC[C@H]1CCCO1)[C@@H](Cc1ccccc1)N(Cc1ccccc1)C(=O)COc1ccccc1Cl. The van der Waals surface area contributed by atoms with Gasteiger partial charge in [0.25, 0.3) is 5.91 Å². The standard InChI is InChI=1S/C29H31ClN2O4/c30-25-15-7-8-16-27(25)36-21-28(33)32(20-23-12-5-2-6-13-23)26(18-22-10-3-1-4-11-22)29(34)31-19-24-14-9-17-35-24/h1-8,10-13,15-16,24,26H,9,14,17-21H2,(H,31,34)/t24-,26-/m1/s1. The maximum atomic E-state index is 13.6. The molecule has 1 aliphatic rings. The van der Waals surface area contributed by atoms with Crippen LogP contribution in [-0.2, 0) is 27.3 Å². The van der Waals surface area contributed by atoms with Gasteiger partial charge in [0.15, 0.2) is 6.61 Å². The molecule has 4 rings (SSSR count). The fourth-order valence-corrected chi connectivity index (χ4v) is 4.45. The molecular formula is C29H31ClN2O4. The van der Waals surface area contributed by atoms with Crippen molar-refractivity contribution in [1.82, 2.24) is 10.2 Å². The van der Waals surface area contributed by atoms with Crippen molar-refractivity contribution in [1.29, 1.82) is 0 Å². The molecule has 3 aromatic rings. The van der Waals surface area contributed by atoms with Crippen LogP contribution >= 0.6 is 11.6 Å². The van der Waals surface area contributed by atoms with Gasteiger partial charge in [-0.3, -0.25) is 9.59 Å². The van der Waals surface area contributed by atoms with Gasteiger partial charge in [-0.15, -0.1) is 0 Å². The van der Waals surface area contributed by atoms with Crippen molar-refractivity contribution in [3.8, 4) is 5.75 Å². The van der Waals surface area contributed by atoms with Crippen LogP contribution < -0.4 is 10.1 Å². The summed E-state index contributed by atoms with van der Waals surface area (Å²) in [6.07, 6.45) is 2.30. The number of para-hydroxylation sites is 1. The number of nitrogens with one attached hydrogen (secondary N) is 1. The molecule has 0 saturated carbocycles. The van der Waals surface area contributed by atoms with E-state index in [4.69, 9.17) is 21.1 Å². The molecule has 3 aromatic carbocycles. The summed E-state index contributed by atoms with van der Waals surface area (Å²) in [6.45, 7) is 1.18. The van der Waals surface area contributed by atoms with E-state index in [-0.39, 0.29) is 31.1 Å². The van der Waals surface area contributed by atoms with Crippen molar-refractivity contribution in [3.05, 3.63) is 101 Å². The molecule has 2 atom stereocenters. The van der Waals surface area contributed by atoms with Crippen molar-refractivity contribution < 1.29 is 19.1 Å². The summed E-state index contributed by atoms with van der Waals surface area (Å²) in [5, 5.41) is 3.46. The first kappa shape index (κ1) is 25.7. The summed E-state index contributed by atoms with van der Waals surface area (Å²) in [6, 6.07) is 25.7. The van der Waals surface area contributed by atoms with E-state index in [1.165, 1.54) is 0 Å². The van der Waals surface area contributed by atoms with Crippen LogP contribution in [0.5, 0.6) is 5.75 Å². The average Bonchev–Trinajstić information content (AvgIpc) is 3.44. The summed E-state index contributed by atoms with van der Waals surface area (Å²) >= 11 is 6.21. The van der Waals surface area contributed by atoms with Gasteiger partial charge in [-0.05, 0) is 36.1 Å². The number of amides is 2. The van der Waals surface area contributed by atoms with Crippen LogP contribution in [0.25, 0.3) is 0 Å². The summed E-state index contributed by atoms with van der Waals surface area (Å²) < 4.78 is 11.4. The lowest BCUT2D eigenvalue weighted by molar-refractivity contribution is -0.143. The molecule has 1 aliphatic heterocycles. The van der Waals surface area contributed by atoms with Crippen LogP contribution in [0.1, 0.15) is 24.0 Å². The fourth-order valence-electron chi connectivity index (χ4n) is 4.26. The third kappa shape index (κ3) is 7.33. The number of benzene rings is 3. The highest BCUT2D eigenvalue weighted by atomic mass is 35.5. The van der Waals surface area contributed by atoms with Gasteiger partial charge in [0.2, 0.25) is 5.91 Å². The molecule has 0 spiro atoms. The quantitative estimate of drug-likeness (QED) is 0.411. The molecule has 0 radical (unpaired) electrons. The van der Waals surface area contributed by atoms with E-state index in [0.29, 0.717) is 30.3 Å². The number of hydrogen-bond acceptors (Lipinski definition) is 4. The monoisotopic (exact) mass is 506 g/mol. The van der Waals surface area contributed by atoms with Gasteiger partial charge in [0, 0.05) is 26.1 Å². The zero-order valence-corrected chi connectivity index (χ0v) is 20.9. The van der Waals surface area contributed by atoms with Crippen molar-refractivity contribution in [2.45, 2.75) is 38.0 Å². The van der Waals surface area contributed by atoms with Crippen molar-refractivity contribution >= 4 is 23.4 Å². The third-order valence-corrected chi connectivity index (χ3v) is 6.49. The maximum absolute atomic E-state index is 13.6. The lowest BCUT2D eigenvalue weighted by atomic mass is 10.0. The molecule has 0 bridgehead atoms. The number of nitrogens with zero attached hydrogens (tertiary/aromatic N) is 1. The van der Waals surface area contributed by atoms with Crippen LogP contribution in [0.3, 0.4) is 0 Å². The van der Waals surface area contributed by atoms with Crippen LogP contribution in [0.15, 0.2) is 84.9 Å². The molecule has 0 unspecified atom stereocenters. The second-order valence-corrected chi connectivity index (χ2v) is 9.22. The van der Waals surface area contributed by atoms with Gasteiger partial charge in [-0.25, -0.2) is 0 Å². The minimum Gasteiger partial charge on any atom is -0.482 e. The predicted molar refractivity (Wildman–Crippen MR) is 140 cm³/mol. The summed E-state index contributed by atoms with van der Waals surface area (Å²) in [4.78, 5) is 28.7. The number of hydrogen-bond donors (Lipinski definition) is 1. The Bertz CT molecular complexity index is 1120. The van der Waals surface area contributed by atoms with E-state index in [1.807, 2.05) is 60.7 Å². The normalized spacial score (nSPS) is 15.8. The van der Waals surface area contributed by atoms with Gasteiger partial charge in [-0.1, -0.05) is 84.4 Å². The molecule has 0 aliphatic carbocycles. The van der Waals surface area contributed by atoms with Gasteiger partial charge < -0.3 is 19.7 Å². The first-order valence-corrected chi connectivity index (χ1v) is 12.6. The van der Waals surface area contributed by atoms with E-state index in [2.05, 4.69) is 5.32 Å². The number of ether oxygens (including phenoxy) is 2. The zero-order valence-electron chi connectivity index (χ0n) is 20.1. The molecule has 6 nitrogen and oxygen atoms in total. The zero-order chi connectivity index (χ0) is 25.2. The molecule has 7 heteroatoms. The van der Waals surface area contributed by atoms with E-state index in [1.54, 1.807) is 29.2 Å². The Morgan fingerprint density at radius 2 is 1.64 bits per heavy atom. The van der Waals surface area contributed by atoms with E-state index < -0.39 is 6.04 Å². The molecular weight excluding hydrogens is 476 g/mol. The highest BCUT2D eigenvalue weighted by Crippen LogP contribution is 2.23. The highest BCUT2D eigenvalue weighted by molar-refractivity contribution is 6.32. The second kappa shape index (κ2) is 13.1. The topological polar surface area (TPSA) is 67.9 Å². The van der Waals surface area contributed by atoms with Crippen molar-refractivity contribution in [2.75, 3.05) is 19.8 Å². The Labute approximate surface area is 217 Å². The molecule has 36 heavy (non-hydrogen) atoms. The van der Waals surface area contributed by atoms with Gasteiger partial charge in [-0.2, -0.15) is 0 Å². The number of carbonyl (C=O) groups is 2. The first-order valence-electron chi connectivity index (χ1n) is 12.2. The Morgan fingerprint density at radius 3 is 2.31 bits per heavy atom. The largest absolute Gasteiger partial charge is 0.482 e. The van der Waals surface area contributed by atoms with E-state index in [0.717, 1.165) is 24.0 Å². The molecule has 1 saturated heterocycles. The first-order chi connectivity index (χ1) is 17.6. The van der Waals surface area contributed by atoms with E-state index in [9.17, 15) is 9.59 Å². The molecule has 1 N–H and O–H groups in total. The molecule has 188 valence electrons. The summed E-state index contributed by atoms with van der Waals surface area (Å²) in [5.41, 5.74) is 1.89. The Morgan fingerprint density at radius 1 is 0.972 bits per heavy atom. The number of carbonyl (C=O) groups excluding carboxylic acids is 2. The third-order valence-electron chi connectivity index (χ3n) is 6.18. The summed E-state index contributed by atoms with van der Waals surface area (Å²) in [7, 11) is 0. The van der Waals surface area contributed by atoms with E-state index >= 15 is 0 Å². The minimum atomic E-state index is -0.726. The van der Waals surface area contributed by atoms with Gasteiger partial charge in [0.1, 0.15) is 11.8 Å². The molecule has 1 heterocycles. The smallest absolute Gasteiger partial charge is 0.261 e. The Hall–Kier alpha value is -3.35. The minimum absolute atomic E-state index is 0.00755. The maximum Gasteiger partial charge on any atom is 0.261 e. The average molecular weight is 507 g/mol. The lowest BCUT2D eigenvalue weighted by Crippen LogP contribution is -2.52. The summed E-state index contributed by atoms with van der Waals surface area (Å²) in [5.74, 6) is -0.0852. The van der Waals surface area contributed by atoms with Crippen LogP contribution in [0, 0.1) is 0 Å². The van der Waals surface area contributed by atoms with Crippen LogP contribution in [-0.4, -0.2) is 48.6 Å². The second-order valence-electron chi connectivity index (χ2n) is 8.81. The number of rotatable bonds is 11. The molecule has 1 fully saturated rings. The van der Waals surface area contributed by atoms with Crippen molar-refractivity contribution in [2.24, 2.45) is 0 Å². The molecule has 2 amide bonds. The lowest BCUT2D eigenvalue weighted by Gasteiger charge is -2.31. The van der Waals surface area contributed by atoms with Crippen molar-refractivity contribution in [3.63, 3.8) is 0 Å². The highest BCUT2D eigenvalue weighted by Gasteiger charge is 2.31. The van der Waals surface area contributed by atoms with Crippen LogP contribution in [0.4, 0.5) is 0 Å². The molecule has 0 aromatic heterocycles. The van der Waals surface area contributed by atoms with Gasteiger partial charge >= 0.3 is 0 Å².